The molecule has 0 N–H and O–H groups in total. The Bertz CT molecular complexity index is 1230. The molecule has 0 aromatic heterocycles. The fourth-order valence-corrected chi connectivity index (χ4v) is 5.69. The summed E-state index contributed by atoms with van der Waals surface area (Å²) in [5.74, 6) is -1.57. The standard InChI is InChI=1S/C27H27ClN2O5/c1-15-9-10-20-21(11-15)26(33)30(25(20)32)18-5-3-6-19(13-18)35-27(34)17-12-24(31)29(14-17)23-8-4-7-22(28)16(23)2/h3-8,13,15,17,20-21H,9-12,14H2,1-2H3/t15-,17+,20+,21-/m0/s1. The van der Waals surface area contributed by atoms with Crippen molar-refractivity contribution in [3.8, 4) is 5.75 Å². The van der Waals surface area contributed by atoms with E-state index in [9.17, 15) is 19.2 Å². The van der Waals surface area contributed by atoms with Gasteiger partial charge in [0, 0.05) is 29.7 Å². The highest BCUT2D eigenvalue weighted by atomic mass is 35.5. The zero-order chi connectivity index (χ0) is 24.9. The molecule has 0 unspecified atom stereocenters. The summed E-state index contributed by atoms with van der Waals surface area (Å²) in [5.41, 5.74) is 1.87. The van der Waals surface area contributed by atoms with Crippen LogP contribution in [0.4, 0.5) is 11.4 Å². The van der Waals surface area contributed by atoms with Crippen LogP contribution in [0.25, 0.3) is 0 Å². The van der Waals surface area contributed by atoms with E-state index in [0.717, 1.165) is 24.8 Å². The Kier molecular flexibility index (Phi) is 6.13. The lowest BCUT2D eigenvalue weighted by atomic mass is 9.76. The molecule has 2 saturated heterocycles. The number of ether oxygens (including phenoxy) is 1. The van der Waals surface area contributed by atoms with Crippen molar-refractivity contribution in [2.45, 2.75) is 39.5 Å². The van der Waals surface area contributed by atoms with Crippen molar-refractivity contribution in [1.29, 1.82) is 0 Å². The third-order valence-corrected chi connectivity index (χ3v) is 7.88. The number of fused-ring (bicyclic) bond motifs is 1. The number of carbonyl (C=O) groups is 4. The lowest BCUT2D eigenvalue weighted by molar-refractivity contribution is -0.139. The average Bonchev–Trinajstić information content (AvgIpc) is 3.33. The van der Waals surface area contributed by atoms with E-state index in [0.29, 0.717) is 22.3 Å². The van der Waals surface area contributed by atoms with Gasteiger partial charge in [-0.1, -0.05) is 30.7 Å². The molecule has 0 radical (unpaired) electrons. The Morgan fingerprint density at radius 3 is 2.57 bits per heavy atom. The lowest BCUT2D eigenvalue weighted by Crippen LogP contribution is -2.31. The van der Waals surface area contributed by atoms with Gasteiger partial charge in [-0.25, -0.2) is 4.90 Å². The highest BCUT2D eigenvalue weighted by molar-refractivity contribution is 6.31. The molecular formula is C27H27ClN2O5. The van der Waals surface area contributed by atoms with Gasteiger partial charge in [0.2, 0.25) is 17.7 Å². The smallest absolute Gasteiger partial charge is 0.316 e. The topological polar surface area (TPSA) is 84.0 Å². The van der Waals surface area contributed by atoms with Gasteiger partial charge in [-0.3, -0.25) is 19.2 Å². The van der Waals surface area contributed by atoms with Crippen molar-refractivity contribution in [2.24, 2.45) is 23.7 Å². The van der Waals surface area contributed by atoms with Crippen LogP contribution < -0.4 is 14.5 Å². The maximum atomic E-state index is 13.0. The number of amides is 3. The van der Waals surface area contributed by atoms with Crippen LogP contribution in [-0.2, 0) is 19.2 Å². The van der Waals surface area contributed by atoms with Crippen LogP contribution in [0.3, 0.4) is 0 Å². The summed E-state index contributed by atoms with van der Waals surface area (Å²) < 4.78 is 5.60. The van der Waals surface area contributed by atoms with E-state index in [2.05, 4.69) is 6.92 Å². The molecule has 0 bridgehead atoms. The first-order valence-electron chi connectivity index (χ1n) is 12.0. The van der Waals surface area contributed by atoms with Crippen molar-refractivity contribution in [3.05, 3.63) is 53.1 Å². The molecule has 2 aromatic carbocycles. The van der Waals surface area contributed by atoms with E-state index in [4.69, 9.17) is 16.3 Å². The fraction of sp³-hybridized carbons (Fsp3) is 0.407. The number of rotatable bonds is 4. The number of imide groups is 1. The minimum atomic E-state index is -0.635. The predicted octanol–water partition coefficient (Wildman–Crippen LogP) is 4.53. The van der Waals surface area contributed by atoms with Crippen molar-refractivity contribution < 1.29 is 23.9 Å². The maximum absolute atomic E-state index is 13.0. The molecule has 1 aliphatic carbocycles. The Hall–Kier alpha value is -3.19. The number of benzene rings is 2. The zero-order valence-corrected chi connectivity index (χ0v) is 20.5. The first-order valence-corrected chi connectivity index (χ1v) is 12.4. The second-order valence-electron chi connectivity index (χ2n) is 9.85. The largest absolute Gasteiger partial charge is 0.426 e. The summed E-state index contributed by atoms with van der Waals surface area (Å²) in [6.45, 7) is 4.14. The second kappa shape index (κ2) is 9.11. The van der Waals surface area contributed by atoms with E-state index >= 15 is 0 Å². The highest BCUT2D eigenvalue weighted by Gasteiger charge is 2.50. The molecule has 1 saturated carbocycles. The van der Waals surface area contributed by atoms with Crippen molar-refractivity contribution in [1.82, 2.24) is 0 Å². The molecule has 4 atom stereocenters. The van der Waals surface area contributed by atoms with E-state index in [1.807, 2.05) is 6.92 Å². The van der Waals surface area contributed by atoms with E-state index < -0.39 is 11.9 Å². The number of carbonyl (C=O) groups excluding carboxylic acids is 4. The SMILES string of the molecule is Cc1c(Cl)cccc1N1C[C@H](C(=O)Oc2cccc(N3C(=O)[C@H]4C[C@@H](C)CC[C@H]4C3=O)c2)CC1=O. The van der Waals surface area contributed by atoms with Crippen LogP contribution >= 0.6 is 11.6 Å². The number of hydrogen-bond donors (Lipinski definition) is 0. The molecule has 2 aliphatic heterocycles. The summed E-state index contributed by atoms with van der Waals surface area (Å²) in [6, 6.07) is 11.8. The fourth-order valence-electron chi connectivity index (χ4n) is 5.52. The van der Waals surface area contributed by atoms with Gasteiger partial charge in [-0.2, -0.15) is 0 Å². The highest BCUT2D eigenvalue weighted by Crippen LogP contribution is 2.42. The summed E-state index contributed by atoms with van der Waals surface area (Å²) in [7, 11) is 0. The molecule has 35 heavy (non-hydrogen) atoms. The monoisotopic (exact) mass is 494 g/mol. The Labute approximate surface area is 209 Å². The minimum Gasteiger partial charge on any atom is -0.426 e. The summed E-state index contributed by atoms with van der Waals surface area (Å²) in [6.07, 6.45) is 2.42. The van der Waals surface area contributed by atoms with Crippen LogP contribution in [0.1, 0.15) is 38.2 Å². The number of halogens is 1. The minimum absolute atomic E-state index is 0.0368. The number of hydrogen-bond acceptors (Lipinski definition) is 5. The van der Waals surface area contributed by atoms with Crippen molar-refractivity contribution >= 4 is 46.7 Å². The van der Waals surface area contributed by atoms with Gasteiger partial charge in [-0.05, 0) is 61.9 Å². The molecule has 2 heterocycles. The van der Waals surface area contributed by atoms with E-state index in [-0.39, 0.29) is 48.3 Å². The first kappa shape index (κ1) is 23.5. The third kappa shape index (κ3) is 4.22. The van der Waals surface area contributed by atoms with Crippen LogP contribution in [-0.4, -0.2) is 30.2 Å². The molecular weight excluding hydrogens is 468 g/mol. The molecule has 3 fully saturated rings. The Morgan fingerprint density at radius 2 is 1.77 bits per heavy atom. The first-order chi connectivity index (χ1) is 16.7. The number of anilines is 2. The lowest BCUT2D eigenvalue weighted by Gasteiger charge is -2.25. The van der Waals surface area contributed by atoms with Crippen LogP contribution in [0.15, 0.2) is 42.5 Å². The molecule has 3 amide bonds. The summed E-state index contributed by atoms with van der Waals surface area (Å²) in [5, 5.41) is 0.554. The quantitative estimate of drug-likeness (QED) is 0.354. The van der Waals surface area contributed by atoms with Crippen LogP contribution in [0.2, 0.25) is 5.02 Å². The van der Waals surface area contributed by atoms with Gasteiger partial charge in [0.25, 0.3) is 0 Å². The van der Waals surface area contributed by atoms with E-state index in [1.54, 1.807) is 47.4 Å². The Balaban J connectivity index is 1.30. The molecule has 3 aliphatic rings. The number of esters is 1. The van der Waals surface area contributed by atoms with Gasteiger partial charge in [0.15, 0.2) is 0 Å². The van der Waals surface area contributed by atoms with Gasteiger partial charge < -0.3 is 9.64 Å². The second-order valence-corrected chi connectivity index (χ2v) is 10.3. The molecule has 8 heteroatoms. The van der Waals surface area contributed by atoms with Gasteiger partial charge >= 0.3 is 5.97 Å². The number of nitrogens with zero attached hydrogens (tertiary/aromatic N) is 2. The molecule has 5 rings (SSSR count). The van der Waals surface area contributed by atoms with Crippen molar-refractivity contribution in [2.75, 3.05) is 16.3 Å². The normalized spacial score (nSPS) is 26.3. The third-order valence-electron chi connectivity index (χ3n) is 7.47. The molecule has 2 aromatic rings. The molecule has 182 valence electrons. The van der Waals surface area contributed by atoms with Gasteiger partial charge in [0.1, 0.15) is 5.75 Å². The van der Waals surface area contributed by atoms with Crippen LogP contribution in [0, 0.1) is 30.6 Å². The van der Waals surface area contributed by atoms with Crippen molar-refractivity contribution in [3.63, 3.8) is 0 Å². The maximum Gasteiger partial charge on any atom is 0.316 e. The summed E-state index contributed by atoms with van der Waals surface area (Å²) in [4.78, 5) is 54.4. The van der Waals surface area contributed by atoms with Gasteiger partial charge in [0.05, 0.1) is 23.4 Å². The molecule has 7 nitrogen and oxygen atoms in total. The zero-order valence-electron chi connectivity index (χ0n) is 19.7. The molecule has 0 spiro atoms. The Morgan fingerprint density at radius 1 is 1.03 bits per heavy atom. The average molecular weight is 495 g/mol. The van der Waals surface area contributed by atoms with E-state index in [1.165, 1.54) is 4.90 Å². The van der Waals surface area contributed by atoms with Gasteiger partial charge in [-0.15, -0.1) is 0 Å². The predicted molar refractivity (Wildman–Crippen MR) is 131 cm³/mol. The summed E-state index contributed by atoms with van der Waals surface area (Å²) >= 11 is 6.20. The van der Waals surface area contributed by atoms with Crippen LogP contribution in [0.5, 0.6) is 5.75 Å².